The molecule has 1 aliphatic rings. The first kappa shape index (κ1) is 12.8. The first-order valence-corrected chi connectivity index (χ1v) is 5.44. The summed E-state index contributed by atoms with van der Waals surface area (Å²) in [6, 6.07) is -0.407. The van der Waals surface area contributed by atoms with Gasteiger partial charge in [0.2, 0.25) is 11.8 Å². The summed E-state index contributed by atoms with van der Waals surface area (Å²) in [6.45, 7) is 7.03. The molecule has 5 nitrogen and oxygen atoms in total. The third-order valence-electron chi connectivity index (χ3n) is 3.12. The standard InChI is InChI=1S/C11H18N2O3/c1-5-8(14)7(2)13-6-9(15)12-10(16)11(13,3)4/h7H,5-6H2,1-4H3,(H,12,15,16). The van der Waals surface area contributed by atoms with Crippen LogP contribution in [0.1, 0.15) is 34.1 Å². The second-order valence-corrected chi connectivity index (χ2v) is 4.56. The third-order valence-corrected chi connectivity index (χ3v) is 3.12. The molecule has 0 saturated carbocycles. The van der Waals surface area contributed by atoms with Crippen LogP contribution in [0.25, 0.3) is 0 Å². The summed E-state index contributed by atoms with van der Waals surface area (Å²) in [6.07, 6.45) is 0.406. The molecule has 1 aliphatic heterocycles. The minimum atomic E-state index is -0.821. The quantitative estimate of drug-likeness (QED) is 0.693. The zero-order chi connectivity index (χ0) is 12.5. The van der Waals surface area contributed by atoms with Gasteiger partial charge in [0.25, 0.3) is 0 Å². The Kier molecular flexibility index (Phi) is 3.48. The molecule has 1 fully saturated rings. The van der Waals surface area contributed by atoms with Crippen molar-refractivity contribution in [3.63, 3.8) is 0 Å². The lowest BCUT2D eigenvalue weighted by atomic mass is 9.95. The van der Waals surface area contributed by atoms with E-state index in [4.69, 9.17) is 0 Å². The first-order valence-electron chi connectivity index (χ1n) is 5.44. The molecule has 1 heterocycles. The predicted molar refractivity (Wildman–Crippen MR) is 58.7 cm³/mol. The van der Waals surface area contributed by atoms with Gasteiger partial charge in [-0.1, -0.05) is 6.92 Å². The van der Waals surface area contributed by atoms with Gasteiger partial charge in [0.1, 0.15) is 5.78 Å². The zero-order valence-corrected chi connectivity index (χ0v) is 10.2. The van der Waals surface area contributed by atoms with Crippen molar-refractivity contribution in [2.24, 2.45) is 0 Å². The molecule has 1 atom stereocenters. The van der Waals surface area contributed by atoms with E-state index < -0.39 is 11.6 Å². The van der Waals surface area contributed by atoms with E-state index in [9.17, 15) is 14.4 Å². The molecule has 5 heteroatoms. The van der Waals surface area contributed by atoms with E-state index in [0.717, 1.165) is 0 Å². The van der Waals surface area contributed by atoms with E-state index in [0.29, 0.717) is 6.42 Å². The third kappa shape index (κ3) is 2.14. The van der Waals surface area contributed by atoms with Gasteiger partial charge >= 0.3 is 0 Å². The summed E-state index contributed by atoms with van der Waals surface area (Å²) >= 11 is 0. The second kappa shape index (κ2) is 4.33. The Balaban J connectivity index is 2.96. The van der Waals surface area contributed by atoms with Gasteiger partial charge < -0.3 is 0 Å². The number of piperazine rings is 1. The Labute approximate surface area is 95.2 Å². The van der Waals surface area contributed by atoms with E-state index in [1.807, 2.05) is 0 Å². The van der Waals surface area contributed by atoms with E-state index in [1.165, 1.54) is 0 Å². The summed E-state index contributed by atoms with van der Waals surface area (Å²) in [5.41, 5.74) is -0.821. The molecule has 1 N–H and O–H groups in total. The summed E-state index contributed by atoms with van der Waals surface area (Å²) in [5, 5.41) is 2.28. The number of ketones is 1. The normalized spacial score (nSPS) is 22.8. The lowest BCUT2D eigenvalue weighted by molar-refractivity contribution is -0.148. The fraction of sp³-hybridized carbons (Fsp3) is 0.727. The molecule has 1 saturated heterocycles. The number of rotatable bonds is 3. The number of nitrogens with one attached hydrogen (secondary N) is 1. The number of carbonyl (C=O) groups is 3. The summed E-state index contributed by atoms with van der Waals surface area (Å²) < 4.78 is 0. The fourth-order valence-electron chi connectivity index (χ4n) is 1.89. The van der Waals surface area contributed by atoms with Gasteiger partial charge in [0.05, 0.1) is 18.1 Å². The van der Waals surface area contributed by atoms with Crippen LogP contribution in [0.4, 0.5) is 0 Å². The van der Waals surface area contributed by atoms with Crippen LogP contribution in [-0.4, -0.2) is 40.6 Å². The van der Waals surface area contributed by atoms with Crippen LogP contribution in [0.5, 0.6) is 0 Å². The van der Waals surface area contributed by atoms with E-state index in [2.05, 4.69) is 5.32 Å². The number of Topliss-reactive ketones (excluding diaryl/α,β-unsaturated/α-hetero) is 1. The van der Waals surface area contributed by atoms with Crippen LogP contribution in [0.3, 0.4) is 0 Å². The molecular weight excluding hydrogens is 208 g/mol. The molecule has 2 amide bonds. The van der Waals surface area contributed by atoms with Crippen molar-refractivity contribution < 1.29 is 14.4 Å². The molecule has 1 unspecified atom stereocenters. The van der Waals surface area contributed by atoms with Gasteiger partial charge in [-0.2, -0.15) is 0 Å². The molecule has 16 heavy (non-hydrogen) atoms. The Morgan fingerprint density at radius 2 is 2.06 bits per heavy atom. The lowest BCUT2D eigenvalue weighted by Gasteiger charge is -2.43. The molecule has 0 bridgehead atoms. The lowest BCUT2D eigenvalue weighted by Crippen LogP contribution is -2.67. The molecule has 0 spiro atoms. The largest absolute Gasteiger partial charge is 0.298 e. The van der Waals surface area contributed by atoms with Crippen molar-refractivity contribution in [2.75, 3.05) is 6.54 Å². The van der Waals surface area contributed by atoms with Crippen LogP contribution in [0.15, 0.2) is 0 Å². The van der Waals surface area contributed by atoms with Gasteiger partial charge in [-0.15, -0.1) is 0 Å². The average molecular weight is 226 g/mol. The number of imide groups is 1. The van der Waals surface area contributed by atoms with Gasteiger partial charge in [0, 0.05) is 6.42 Å². The van der Waals surface area contributed by atoms with Crippen molar-refractivity contribution in [3.05, 3.63) is 0 Å². The zero-order valence-electron chi connectivity index (χ0n) is 10.2. The number of hydrogen-bond donors (Lipinski definition) is 1. The average Bonchev–Trinajstić information content (AvgIpc) is 2.21. The fourth-order valence-corrected chi connectivity index (χ4v) is 1.89. The molecule has 1 rings (SSSR count). The van der Waals surface area contributed by atoms with Gasteiger partial charge in [0.15, 0.2) is 0 Å². The minimum Gasteiger partial charge on any atom is -0.298 e. The summed E-state index contributed by atoms with van der Waals surface area (Å²) in [5.74, 6) is -0.657. The van der Waals surface area contributed by atoms with Crippen molar-refractivity contribution in [2.45, 2.75) is 45.7 Å². The summed E-state index contributed by atoms with van der Waals surface area (Å²) in [7, 11) is 0. The highest BCUT2D eigenvalue weighted by molar-refractivity contribution is 6.03. The number of hydrogen-bond acceptors (Lipinski definition) is 4. The van der Waals surface area contributed by atoms with Crippen LogP contribution in [-0.2, 0) is 14.4 Å². The van der Waals surface area contributed by atoms with E-state index in [1.54, 1.807) is 32.6 Å². The molecular formula is C11H18N2O3. The van der Waals surface area contributed by atoms with Gasteiger partial charge in [-0.05, 0) is 20.8 Å². The molecule has 0 aromatic carbocycles. The maximum atomic E-state index is 11.7. The van der Waals surface area contributed by atoms with Crippen LogP contribution >= 0.6 is 0 Å². The number of carbonyl (C=O) groups excluding carboxylic acids is 3. The van der Waals surface area contributed by atoms with E-state index >= 15 is 0 Å². The molecule has 0 radical (unpaired) electrons. The summed E-state index contributed by atoms with van der Waals surface area (Å²) in [4.78, 5) is 36.2. The van der Waals surface area contributed by atoms with Crippen molar-refractivity contribution in [3.8, 4) is 0 Å². The maximum absolute atomic E-state index is 11.7. The van der Waals surface area contributed by atoms with E-state index in [-0.39, 0.29) is 24.1 Å². The topological polar surface area (TPSA) is 66.5 Å². The minimum absolute atomic E-state index is 0.0376. The van der Waals surface area contributed by atoms with Gasteiger partial charge in [-0.3, -0.25) is 24.6 Å². The smallest absolute Gasteiger partial charge is 0.246 e. The molecule has 90 valence electrons. The van der Waals surface area contributed by atoms with Crippen molar-refractivity contribution in [1.29, 1.82) is 0 Å². The maximum Gasteiger partial charge on any atom is 0.246 e. The SMILES string of the molecule is CCC(=O)C(C)N1CC(=O)NC(=O)C1(C)C. The first-order chi connectivity index (χ1) is 7.30. The molecule has 0 aliphatic carbocycles. The Hall–Kier alpha value is -1.23. The van der Waals surface area contributed by atoms with Crippen LogP contribution in [0, 0.1) is 0 Å². The Morgan fingerprint density at radius 3 is 2.56 bits per heavy atom. The Morgan fingerprint density at radius 1 is 1.50 bits per heavy atom. The van der Waals surface area contributed by atoms with Gasteiger partial charge in [-0.25, -0.2) is 0 Å². The second-order valence-electron chi connectivity index (χ2n) is 4.56. The van der Waals surface area contributed by atoms with Crippen LogP contribution < -0.4 is 5.32 Å². The van der Waals surface area contributed by atoms with Crippen molar-refractivity contribution in [1.82, 2.24) is 10.2 Å². The molecule has 0 aromatic rings. The highest BCUT2D eigenvalue weighted by atomic mass is 16.2. The Bertz CT molecular complexity index is 336. The molecule has 0 aromatic heterocycles. The monoisotopic (exact) mass is 226 g/mol. The number of nitrogens with zero attached hydrogens (tertiary/aromatic N) is 1. The number of amides is 2. The predicted octanol–water partition coefficient (Wildman–Crippen LogP) is 0.0910. The highest BCUT2D eigenvalue weighted by Crippen LogP contribution is 2.21. The highest BCUT2D eigenvalue weighted by Gasteiger charge is 2.44. The van der Waals surface area contributed by atoms with Crippen LogP contribution in [0.2, 0.25) is 0 Å². The van der Waals surface area contributed by atoms with Crippen molar-refractivity contribution >= 4 is 17.6 Å².